The number of aromatic nitrogens is 3. The van der Waals surface area contributed by atoms with Crippen molar-refractivity contribution in [2.24, 2.45) is 5.10 Å². The van der Waals surface area contributed by atoms with Crippen LogP contribution in [0.5, 0.6) is 0 Å². The number of rotatable bonds is 7. The number of halogens is 1. The number of ether oxygens (including phenoxy) is 1. The van der Waals surface area contributed by atoms with Gasteiger partial charge in [0.05, 0.1) is 26.1 Å². The Morgan fingerprint density at radius 1 is 1.13 bits per heavy atom. The standard InChI is InChI=1S/C22H24ClN5OS2/c1-31-20-8-4-17(5-9-20)14-21-25-27(16-26-10-12-29-13-11-26)22(30)28(21)24-15-18-2-6-19(23)7-3-18/h2-9,15H,10-14,16H2,1H3/b24-15+. The molecule has 0 atom stereocenters. The Morgan fingerprint density at radius 3 is 2.52 bits per heavy atom. The molecule has 4 rings (SSSR count). The van der Waals surface area contributed by atoms with Gasteiger partial charge in [0.25, 0.3) is 0 Å². The minimum absolute atomic E-state index is 0.576. The zero-order valence-electron chi connectivity index (χ0n) is 17.3. The molecule has 0 N–H and O–H groups in total. The molecule has 1 aliphatic rings. The predicted molar refractivity (Wildman–Crippen MR) is 129 cm³/mol. The van der Waals surface area contributed by atoms with E-state index in [0.717, 1.165) is 37.7 Å². The first-order valence-electron chi connectivity index (χ1n) is 10.0. The maximum absolute atomic E-state index is 5.99. The van der Waals surface area contributed by atoms with Crippen molar-refractivity contribution in [3.8, 4) is 0 Å². The molecule has 1 saturated heterocycles. The van der Waals surface area contributed by atoms with Gasteiger partial charge >= 0.3 is 0 Å². The lowest BCUT2D eigenvalue weighted by Gasteiger charge is -2.25. The smallest absolute Gasteiger partial charge is 0.220 e. The molecule has 1 aliphatic heterocycles. The van der Waals surface area contributed by atoms with E-state index in [0.29, 0.717) is 22.9 Å². The van der Waals surface area contributed by atoms with Gasteiger partial charge in [-0.15, -0.1) is 11.8 Å². The largest absolute Gasteiger partial charge is 0.379 e. The maximum Gasteiger partial charge on any atom is 0.220 e. The molecule has 0 spiro atoms. The van der Waals surface area contributed by atoms with Crippen molar-refractivity contribution >= 4 is 41.8 Å². The van der Waals surface area contributed by atoms with Gasteiger partial charge in [0.1, 0.15) is 0 Å². The molecule has 0 unspecified atom stereocenters. The molecule has 1 fully saturated rings. The first-order chi connectivity index (χ1) is 15.1. The maximum atomic E-state index is 5.99. The number of hydrogen-bond donors (Lipinski definition) is 0. The van der Waals surface area contributed by atoms with E-state index in [1.165, 1.54) is 10.5 Å². The predicted octanol–water partition coefficient (Wildman–Crippen LogP) is 4.55. The third-order valence-corrected chi connectivity index (χ3v) is 6.41. The Kier molecular flexibility index (Phi) is 7.58. The van der Waals surface area contributed by atoms with Crippen molar-refractivity contribution in [1.82, 2.24) is 19.4 Å². The first-order valence-corrected chi connectivity index (χ1v) is 12.0. The van der Waals surface area contributed by atoms with Crippen molar-refractivity contribution in [1.29, 1.82) is 0 Å². The molecule has 9 heteroatoms. The fourth-order valence-corrected chi connectivity index (χ4v) is 4.08. The average Bonchev–Trinajstić information content (AvgIpc) is 3.08. The third-order valence-electron chi connectivity index (χ3n) is 5.03. The van der Waals surface area contributed by atoms with Crippen LogP contribution in [-0.2, 0) is 17.8 Å². The minimum Gasteiger partial charge on any atom is -0.379 e. The summed E-state index contributed by atoms with van der Waals surface area (Å²) in [5.74, 6) is 0.806. The Morgan fingerprint density at radius 2 is 1.84 bits per heavy atom. The molecule has 0 aliphatic carbocycles. The van der Waals surface area contributed by atoms with Crippen LogP contribution < -0.4 is 0 Å². The van der Waals surface area contributed by atoms with Crippen LogP contribution in [0.4, 0.5) is 0 Å². The zero-order valence-corrected chi connectivity index (χ0v) is 19.7. The van der Waals surface area contributed by atoms with Crippen LogP contribution in [-0.4, -0.2) is 58.1 Å². The Bertz CT molecular complexity index is 1090. The van der Waals surface area contributed by atoms with Gasteiger partial charge in [-0.2, -0.15) is 14.9 Å². The molecule has 6 nitrogen and oxygen atoms in total. The Labute approximate surface area is 196 Å². The summed E-state index contributed by atoms with van der Waals surface area (Å²) in [5, 5.41) is 10.2. The minimum atomic E-state index is 0.576. The van der Waals surface area contributed by atoms with E-state index in [2.05, 4.69) is 40.5 Å². The summed E-state index contributed by atoms with van der Waals surface area (Å²) >= 11 is 13.5. The lowest BCUT2D eigenvalue weighted by molar-refractivity contribution is 0.0209. The van der Waals surface area contributed by atoms with E-state index < -0.39 is 0 Å². The molecule has 2 heterocycles. The van der Waals surface area contributed by atoms with Gasteiger partial charge in [0.15, 0.2) is 5.82 Å². The van der Waals surface area contributed by atoms with Gasteiger partial charge in [0, 0.05) is 29.4 Å². The van der Waals surface area contributed by atoms with E-state index in [4.69, 9.17) is 33.7 Å². The molecule has 2 aromatic carbocycles. The highest BCUT2D eigenvalue weighted by molar-refractivity contribution is 7.98. The van der Waals surface area contributed by atoms with E-state index in [-0.39, 0.29) is 0 Å². The highest BCUT2D eigenvalue weighted by Crippen LogP contribution is 2.17. The topological polar surface area (TPSA) is 47.6 Å². The molecule has 0 amide bonds. The van der Waals surface area contributed by atoms with Gasteiger partial charge in [-0.05, 0) is 53.9 Å². The summed E-state index contributed by atoms with van der Waals surface area (Å²) in [7, 11) is 0. The van der Waals surface area contributed by atoms with Crippen molar-refractivity contribution in [2.75, 3.05) is 32.6 Å². The molecular formula is C22H24ClN5OS2. The summed E-state index contributed by atoms with van der Waals surface area (Å²) < 4.78 is 9.64. The quantitative estimate of drug-likeness (QED) is 0.286. The van der Waals surface area contributed by atoms with Gasteiger partial charge in [-0.25, -0.2) is 4.68 Å². The number of morpholine rings is 1. The fourth-order valence-electron chi connectivity index (χ4n) is 3.29. The van der Waals surface area contributed by atoms with Crippen molar-refractivity contribution in [3.63, 3.8) is 0 Å². The van der Waals surface area contributed by atoms with E-state index in [9.17, 15) is 0 Å². The molecule has 31 heavy (non-hydrogen) atoms. The number of nitrogens with zero attached hydrogens (tertiary/aromatic N) is 5. The van der Waals surface area contributed by atoms with Crippen LogP contribution in [0.25, 0.3) is 0 Å². The van der Waals surface area contributed by atoms with Crippen LogP contribution in [0.15, 0.2) is 58.5 Å². The SMILES string of the molecule is CSc1ccc(Cc2nn(CN3CCOCC3)c(=S)n2/N=C/c2ccc(Cl)cc2)cc1. The van der Waals surface area contributed by atoms with Gasteiger partial charge < -0.3 is 4.74 Å². The summed E-state index contributed by atoms with van der Waals surface area (Å²) in [5.41, 5.74) is 2.11. The molecule has 1 aromatic heterocycles. The van der Waals surface area contributed by atoms with Crippen molar-refractivity contribution in [3.05, 3.63) is 75.3 Å². The highest BCUT2D eigenvalue weighted by atomic mass is 35.5. The third kappa shape index (κ3) is 5.84. The molecule has 3 aromatic rings. The van der Waals surface area contributed by atoms with Crippen LogP contribution in [0.1, 0.15) is 17.0 Å². The molecule has 0 radical (unpaired) electrons. The van der Waals surface area contributed by atoms with Gasteiger partial charge in [-0.1, -0.05) is 35.9 Å². The summed E-state index contributed by atoms with van der Waals surface area (Å²) in [6, 6.07) is 16.0. The second kappa shape index (κ2) is 10.6. The van der Waals surface area contributed by atoms with Gasteiger partial charge in [0.2, 0.25) is 4.77 Å². The lowest BCUT2D eigenvalue weighted by Crippen LogP contribution is -2.37. The lowest BCUT2D eigenvalue weighted by atomic mass is 10.1. The van der Waals surface area contributed by atoms with Crippen molar-refractivity contribution < 1.29 is 4.74 Å². The number of benzene rings is 2. The number of thioether (sulfide) groups is 1. The second-order valence-corrected chi connectivity index (χ2v) is 8.88. The van der Waals surface area contributed by atoms with Gasteiger partial charge in [-0.3, -0.25) is 4.90 Å². The summed E-state index contributed by atoms with van der Waals surface area (Å²) in [6.07, 6.45) is 4.50. The average molecular weight is 474 g/mol. The first kappa shape index (κ1) is 22.2. The van der Waals surface area contributed by atoms with Crippen LogP contribution in [0, 0.1) is 4.77 Å². The zero-order chi connectivity index (χ0) is 21.6. The van der Waals surface area contributed by atoms with Crippen LogP contribution in [0.2, 0.25) is 5.02 Å². The van der Waals surface area contributed by atoms with Crippen LogP contribution in [0.3, 0.4) is 0 Å². The second-order valence-electron chi connectivity index (χ2n) is 7.20. The number of hydrogen-bond acceptors (Lipinski definition) is 6. The molecular weight excluding hydrogens is 450 g/mol. The fraction of sp³-hybridized carbons (Fsp3) is 0.318. The van der Waals surface area contributed by atoms with E-state index >= 15 is 0 Å². The Balaban J connectivity index is 1.63. The van der Waals surface area contributed by atoms with E-state index in [1.807, 2.05) is 28.9 Å². The summed E-state index contributed by atoms with van der Waals surface area (Å²) in [6.45, 7) is 3.83. The normalized spacial score (nSPS) is 15.0. The summed E-state index contributed by atoms with van der Waals surface area (Å²) in [4.78, 5) is 3.52. The Hall–Kier alpha value is -1.97. The van der Waals surface area contributed by atoms with E-state index in [1.54, 1.807) is 22.7 Å². The van der Waals surface area contributed by atoms with Crippen molar-refractivity contribution in [2.45, 2.75) is 18.0 Å². The molecule has 162 valence electrons. The monoisotopic (exact) mass is 473 g/mol. The van der Waals surface area contributed by atoms with Crippen LogP contribution >= 0.6 is 35.6 Å². The molecule has 0 bridgehead atoms. The highest BCUT2D eigenvalue weighted by Gasteiger charge is 2.16. The molecule has 0 saturated carbocycles.